The molecule has 1 unspecified atom stereocenters. The molecular weight excluding hydrogens is 583 g/mol. The number of ether oxygens (including phenoxy) is 4. The van der Waals surface area contributed by atoms with E-state index >= 15 is 0 Å². The topological polar surface area (TPSA) is 110 Å². The fourth-order valence-corrected chi connectivity index (χ4v) is 7.25. The van der Waals surface area contributed by atoms with E-state index in [1.54, 1.807) is 44.2 Å². The van der Waals surface area contributed by atoms with E-state index in [0.717, 1.165) is 44.1 Å². The SMILES string of the molecule is C=CCCCCCCCCOP(=O)(C[C@H]1O[C@H](COC(=O)c2ccccc2)[C@@H](O)[C@@H]2OC(C)(C)O[C@@H]21)OCc1ccccc1. The summed E-state index contributed by atoms with van der Waals surface area (Å²) in [4.78, 5) is 12.6. The van der Waals surface area contributed by atoms with Gasteiger partial charge in [0.15, 0.2) is 5.79 Å². The largest absolute Gasteiger partial charge is 0.459 e. The Morgan fingerprint density at radius 3 is 2.25 bits per heavy atom. The number of fused-ring (bicyclic) bond motifs is 1. The van der Waals surface area contributed by atoms with Crippen LogP contribution in [0.25, 0.3) is 0 Å². The predicted octanol–water partition coefficient (Wildman–Crippen LogP) is 6.84. The zero-order valence-electron chi connectivity index (χ0n) is 25.9. The summed E-state index contributed by atoms with van der Waals surface area (Å²) in [7, 11) is -3.71. The molecule has 2 aromatic carbocycles. The maximum absolute atomic E-state index is 14.3. The zero-order valence-corrected chi connectivity index (χ0v) is 26.8. The Labute approximate surface area is 261 Å². The Morgan fingerprint density at radius 1 is 0.909 bits per heavy atom. The monoisotopic (exact) mass is 630 g/mol. The van der Waals surface area contributed by atoms with E-state index in [9.17, 15) is 14.5 Å². The molecule has 0 saturated carbocycles. The Balaban J connectivity index is 1.42. The second-order valence-corrected chi connectivity index (χ2v) is 13.9. The first-order chi connectivity index (χ1) is 21.2. The van der Waals surface area contributed by atoms with Crippen LogP contribution in [0, 0.1) is 0 Å². The van der Waals surface area contributed by atoms with Crippen LogP contribution in [-0.2, 0) is 39.2 Å². The van der Waals surface area contributed by atoms with Gasteiger partial charge < -0.3 is 33.1 Å². The fraction of sp³-hybridized carbons (Fsp3) is 0.559. The summed E-state index contributed by atoms with van der Waals surface area (Å²) in [6, 6.07) is 18.1. The molecule has 9 nitrogen and oxygen atoms in total. The van der Waals surface area contributed by atoms with Gasteiger partial charge in [0.2, 0.25) is 0 Å². The molecule has 2 fully saturated rings. The van der Waals surface area contributed by atoms with Gasteiger partial charge in [-0.05, 0) is 50.8 Å². The van der Waals surface area contributed by atoms with Crippen LogP contribution in [0.3, 0.4) is 0 Å². The summed E-state index contributed by atoms with van der Waals surface area (Å²) in [5.74, 6) is -1.54. The van der Waals surface area contributed by atoms with Crippen molar-refractivity contribution >= 4 is 13.6 Å². The maximum Gasteiger partial charge on any atom is 0.338 e. The van der Waals surface area contributed by atoms with Gasteiger partial charge in [-0.2, -0.15) is 0 Å². The molecule has 0 spiro atoms. The van der Waals surface area contributed by atoms with E-state index in [4.69, 9.17) is 28.0 Å². The van der Waals surface area contributed by atoms with E-state index < -0.39 is 49.9 Å². The van der Waals surface area contributed by atoms with Crippen molar-refractivity contribution in [2.45, 2.75) is 102 Å². The number of benzene rings is 2. The molecule has 2 heterocycles. The van der Waals surface area contributed by atoms with Crippen molar-refractivity contribution < 1.29 is 42.5 Å². The summed E-state index contributed by atoms with van der Waals surface area (Å²) in [5, 5.41) is 11.2. The third-order valence-corrected chi connectivity index (χ3v) is 9.66. The van der Waals surface area contributed by atoms with Crippen LogP contribution in [0.4, 0.5) is 0 Å². The highest BCUT2D eigenvalue weighted by Gasteiger charge is 2.56. The van der Waals surface area contributed by atoms with Crippen LogP contribution in [0.2, 0.25) is 0 Å². The molecule has 6 atom stereocenters. The third-order valence-electron chi connectivity index (χ3n) is 7.75. The van der Waals surface area contributed by atoms with Crippen molar-refractivity contribution in [2.24, 2.45) is 0 Å². The van der Waals surface area contributed by atoms with E-state index in [1.807, 2.05) is 36.4 Å². The standard InChI is InChI=1S/C34H47O9P/c1-4-5-6-7-8-9-10-17-22-39-44(37,40-23-26-18-13-11-14-19-26)25-29-31-32(43-34(2,3)42-31)30(35)28(41-29)24-38-33(36)27-20-15-12-16-21-27/h4,11-16,18-21,28-32,35H,1,5-10,17,22-25H2,2-3H3/t28-,29-,30-,31-,32+,44?/m1/s1. The predicted molar refractivity (Wildman–Crippen MR) is 167 cm³/mol. The van der Waals surface area contributed by atoms with E-state index in [-0.39, 0.29) is 26.0 Å². The minimum absolute atomic E-state index is 0.103. The number of hydrogen-bond donors (Lipinski definition) is 1. The molecule has 242 valence electrons. The van der Waals surface area contributed by atoms with Crippen LogP contribution in [-0.4, -0.2) is 66.8 Å². The molecule has 44 heavy (non-hydrogen) atoms. The first kappa shape index (κ1) is 34.5. The van der Waals surface area contributed by atoms with Gasteiger partial charge in [-0.1, -0.05) is 80.3 Å². The lowest BCUT2D eigenvalue weighted by atomic mass is 9.96. The van der Waals surface area contributed by atoms with Gasteiger partial charge in [0.05, 0.1) is 31.0 Å². The second kappa shape index (κ2) is 16.8. The molecule has 2 aromatic rings. The first-order valence-corrected chi connectivity index (χ1v) is 17.4. The number of rotatable bonds is 18. The van der Waals surface area contributed by atoms with Gasteiger partial charge in [0, 0.05) is 0 Å². The molecular formula is C34H47O9P. The van der Waals surface area contributed by atoms with Gasteiger partial charge in [-0.15, -0.1) is 6.58 Å². The van der Waals surface area contributed by atoms with Gasteiger partial charge in [-0.25, -0.2) is 4.79 Å². The number of allylic oxidation sites excluding steroid dienone is 1. The Morgan fingerprint density at radius 2 is 1.55 bits per heavy atom. The molecule has 0 aromatic heterocycles. The number of aliphatic hydroxyl groups is 1. The maximum atomic E-state index is 14.3. The average molecular weight is 631 g/mol. The molecule has 2 aliphatic rings. The third kappa shape index (κ3) is 10.3. The molecule has 10 heteroatoms. The van der Waals surface area contributed by atoms with Gasteiger partial charge in [0.25, 0.3) is 0 Å². The van der Waals surface area contributed by atoms with Crippen molar-refractivity contribution in [1.29, 1.82) is 0 Å². The molecule has 1 N–H and O–H groups in total. The van der Waals surface area contributed by atoms with Crippen molar-refractivity contribution in [2.75, 3.05) is 19.4 Å². The Kier molecular flexibility index (Phi) is 13.2. The summed E-state index contributed by atoms with van der Waals surface area (Å²) >= 11 is 0. The minimum Gasteiger partial charge on any atom is -0.459 e. The number of hydrogen-bond acceptors (Lipinski definition) is 9. The number of esters is 1. The number of carbonyl (C=O) groups is 1. The molecule has 0 amide bonds. The smallest absolute Gasteiger partial charge is 0.338 e. The van der Waals surface area contributed by atoms with Crippen LogP contribution in [0.1, 0.15) is 74.7 Å². The molecule has 2 aliphatic heterocycles. The average Bonchev–Trinajstić information content (AvgIpc) is 3.36. The van der Waals surface area contributed by atoms with E-state index in [1.165, 1.54) is 6.42 Å². The van der Waals surface area contributed by atoms with Crippen molar-refractivity contribution in [3.05, 3.63) is 84.4 Å². The number of carbonyl (C=O) groups excluding carboxylic acids is 1. The van der Waals surface area contributed by atoms with E-state index in [2.05, 4.69) is 6.58 Å². The Bertz CT molecular complexity index is 1210. The number of aliphatic hydroxyl groups excluding tert-OH is 1. The van der Waals surface area contributed by atoms with Gasteiger partial charge >= 0.3 is 13.6 Å². The highest BCUT2D eigenvalue weighted by molar-refractivity contribution is 7.53. The van der Waals surface area contributed by atoms with E-state index in [0.29, 0.717) is 5.56 Å². The van der Waals surface area contributed by atoms with Crippen molar-refractivity contribution in [3.63, 3.8) is 0 Å². The lowest BCUT2D eigenvalue weighted by molar-refractivity contribution is -0.191. The van der Waals surface area contributed by atoms with Gasteiger partial charge in [0.1, 0.15) is 31.0 Å². The number of unbranched alkanes of at least 4 members (excludes halogenated alkanes) is 6. The lowest BCUT2D eigenvalue weighted by Gasteiger charge is -2.40. The fourth-order valence-electron chi connectivity index (χ4n) is 5.47. The second-order valence-electron chi connectivity index (χ2n) is 11.8. The summed E-state index contributed by atoms with van der Waals surface area (Å²) in [5.41, 5.74) is 1.25. The molecule has 0 radical (unpaired) electrons. The summed E-state index contributed by atoms with van der Waals surface area (Å²) in [6.45, 7) is 7.43. The first-order valence-electron chi connectivity index (χ1n) is 15.6. The zero-order chi connectivity index (χ0) is 31.4. The molecule has 4 rings (SSSR count). The quantitative estimate of drug-likeness (QED) is 0.0820. The molecule has 0 bridgehead atoms. The highest BCUT2D eigenvalue weighted by atomic mass is 31.2. The van der Waals surface area contributed by atoms with Gasteiger partial charge in [-0.3, -0.25) is 4.57 Å². The molecule has 0 aliphatic carbocycles. The Hall–Kier alpha value is -2.36. The van der Waals surface area contributed by atoms with Crippen molar-refractivity contribution in [1.82, 2.24) is 0 Å². The van der Waals surface area contributed by atoms with Crippen LogP contribution < -0.4 is 0 Å². The van der Waals surface area contributed by atoms with Crippen molar-refractivity contribution in [3.8, 4) is 0 Å². The van der Waals surface area contributed by atoms with Crippen LogP contribution in [0.5, 0.6) is 0 Å². The normalized spacial score (nSPS) is 25.6. The summed E-state index contributed by atoms with van der Waals surface area (Å²) in [6.07, 6.45) is 4.72. The summed E-state index contributed by atoms with van der Waals surface area (Å²) < 4.78 is 50.2. The van der Waals surface area contributed by atoms with Crippen LogP contribution in [0.15, 0.2) is 73.3 Å². The van der Waals surface area contributed by atoms with Crippen LogP contribution >= 0.6 is 7.60 Å². The lowest BCUT2D eigenvalue weighted by Crippen LogP contribution is -2.58. The highest BCUT2D eigenvalue weighted by Crippen LogP contribution is 2.52. The molecule has 2 saturated heterocycles. The minimum atomic E-state index is -3.71.